The van der Waals surface area contributed by atoms with E-state index >= 15 is 0 Å². The van der Waals surface area contributed by atoms with Crippen molar-refractivity contribution in [2.75, 3.05) is 6.61 Å². The summed E-state index contributed by atoms with van der Waals surface area (Å²) >= 11 is 0. The fourth-order valence-corrected chi connectivity index (χ4v) is 2.38. The molecule has 2 aromatic rings. The topological polar surface area (TPSA) is 94.3 Å². The van der Waals surface area contributed by atoms with Crippen LogP contribution in [0.25, 0.3) is 0 Å². The first kappa shape index (κ1) is 18.4. The molecule has 2 rings (SSSR count). The third kappa shape index (κ3) is 5.91. The Balaban J connectivity index is 2.05. The molecule has 2 amide bonds. The van der Waals surface area contributed by atoms with Gasteiger partial charge in [-0.25, -0.2) is 4.79 Å². The number of hydrogen-bond donors (Lipinski definition) is 2. The number of carbonyl (C=O) groups excluding carboxylic acids is 2. The molecule has 1 atom stereocenters. The molecule has 1 heterocycles. The molecule has 1 aromatic heterocycles. The number of rotatable bonds is 7. The molecule has 0 bridgehead atoms. The molecule has 0 aliphatic rings. The van der Waals surface area contributed by atoms with Crippen molar-refractivity contribution in [3.8, 4) is 0 Å². The van der Waals surface area contributed by atoms with Crippen LogP contribution < -0.4 is 11.1 Å². The number of benzene rings is 1. The second-order valence-corrected chi connectivity index (χ2v) is 6.12. The largest absolute Gasteiger partial charge is 0.448 e. The standard InChI is InChI=1S/C19H23N3O3/c1-13(2)17-9-8-15(11-21-17)18(23)22-16(12-25-19(20)24)10-14-6-4-3-5-7-14/h3-9,11,13,16H,10,12H2,1-2H3,(H2,20,24)(H,22,23)/t16-/m0/s1. The Morgan fingerprint density at radius 2 is 1.88 bits per heavy atom. The maximum absolute atomic E-state index is 12.4. The Morgan fingerprint density at radius 3 is 2.44 bits per heavy atom. The van der Waals surface area contributed by atoms with Gasteiger partial charge in [0, 0.05) is 11.9 Å². The maximum Gasteiger partial charge on any atom is 0.404 e. The van der Waals surface area contributed by atoms with Gasteiger partial charge < -0.3 is 15.8 Å². The number of primary amides is 1. The number of hydrogen-bond acceptors (Lipinski definition) is 4. The number of amides is 2. The van der Waals surface area contributed by atoms with Crippen LogP contribution in [-0.4, -0.2) is 29.6 Å². The lowest BCUT2D eigenvalue weighted by molar-refractivity contribution is 0.0898. The van der Waals surface area contributed by atoms with Gasteiger partial charge in [0.25, 0.3) is 5.91 Å². The predicted octanol–water partition coefficient (Wildman–Crippen LogP) is 2.64. The number of aromatic nitrogens is 1. The smallest absolute Gasteiger partial charge is 0.404 e. The summed E-state index contributed by atoms with van der Waals surface area (Å²) in [4.78, 5) is 27.6. The third-order valence-corrected chi connectivity index (χ3v) is 3.73. The van der Waals surface area contributed by atoms with E-state index in [4.69, 9.17) is 10.5 Å². The van der Waals surface area contributed by atoms with Crippen molar-refractivity contribution in [1.82, 2.24) is 10.3 Å². The summed E-state index contributed by atoms with van der Waals surface area (Å²) in [5.41, 5.74) is 7.44. The van der Waals surface area contributed by atoms with E-state index in [1.54, 1.807) is 12.3 Å². The molecule has 0 spiro atoms. The predicted molar refractivity (Wildman–Crippen MR) is 95.3 cm³/mol. The van der Waals surface area contributed by atoms with E-state index in [0.29, 0.717) is 17.9 Å². The van der Waals surface area contributed by atoms with Crippen molar-refractivity contribution in [3.63, 3.8) is 0 Å². The van der Waals surface area contributed by atoms with E-state index in [1.807, 2.05) is 50.2 Å². The van der Waals surface area contributed by atoms with Crippen LogP contribution in [-0.2, 0) is 11.2 Å². The summed E-state index contributed by atoms with van der Waals surface area (Å²) in [5, 5.41) is 2.87. The Hall–Kier alpha value is -2.89. The van der Waals surface area contributed by atoms with E-state index in [0.717, 1.165) is 11.3 Å². The summed E-state index contributed by atoms with van der Waals surface area (Å²) < 4.78 is 4.87. The van der Waals surface area contributed by atoms with Crippen LogP contribution >= 0.6 is 0 Å². The molecule has 0 radical (unpaired) electrons. The zero-order valence-corrected chi connectivity index (χ0v) is 14.4. The van der Waals surface area contributed by atoms with Crippen LogP contribution in [0.5, 0.6) is 0 Å². The van der Waals surface area contributed by atoms with Gasteiger partial charge in [-0.2, -0.15) is 0 Å². The second-order valence-electron chi connectivity index (χ2n) is 6.12. The molecular formula is C19H23N3O3. The van der Waals surface area contributed by atoms with Crippen LogP contribution in [0.1, 0.15) is 41.4 Å². The van der Waals surface area contributed by atoms with Crippen molar-refractivity contribution < 1.29 is 14.3 Å². The molecule has 0 aliphatic carbocycles. The van der Waals surface area contributed by atoms with Crippen molar-refractivity contribution in [2.45, 2.75) is 32.2 Å². The molecule has 132 valence electrons. The van der Waals surface area contributed by atoms with Gasteiger partial charge in [0.05, 0.1) is 11.6 Å². The highest BCUT2D eigenvalue weighted by atomic mass is 16.5. The number of pyridine rings is 1. The summed E-state index contributed by atoms with van der Waals surface area (Å²) in [6, 6.07) is 12.8. The molecule has 0 saturated heterocycles. The van der Waals surface area contributed by atoms with E-state index in [1.165, 1.54) is 0 Å². The minimum Gasteiger partial charge on any atom is -0.448 e. The molecule has 1 aromatic carbocycles. The number of nitrogens with two attached hydrogens (primary N) is 1. The summed E-state index contributed by atoms with van der Waals surface area (Å²) in [7, 11) is 0. The minimum absolute atomic E-state index is 0.00741. The zero-order chi connectivity index (χ0) is 18.2. The van der Waals surface area contributed by atoms with Crippen molar-refractivity contribution in [3.05, 3.63) is 65.5 Å². The minimum atomic E-state index is -0.865. The first-order chi connectivity index (χ1) is 12.0. The first-order valence-corrected chi connectivity index (χ1v) is 8.18. The molecule has 3 N–H and O–H groups in total. The molecular weight excluding hydrogens is 318 g/mol. The Labute approximate surface area is 147 Å². The highest BCUT2D eigenvalue weighted by Crippen LogP contribution is 2.12. The van der Waals surface area contributed by atoms with Gasteiger partial charge in [-0.15, -0.1) is 0 Å². The van der Waals surface area contributed by atoms with Crippen molar-refractivity contribution in [2.24, 2.45) is 5.73 Å². The van der Waals surface area contributed by atoms with Gasteiger partial charge in [0.15, 0.2) is 0 Å². The average molecular weight is 341 g/mol. The van der Waals surface area contributed by atoms with Crippen molar-refractivity contribution >= 4 is 12.0 Å². The average Bonchev–Trinajstić information content (AvgIpc) is 2.60. The first-order valence-electron chi connectivity index (χ1n) is 8.18. The number of carbonyl (C=O) groups is 2. The lowest BCUT2D eigenvalue weighted by atomic mass is 10.1. The summed E-state index contributed by atoms with van der Waals surface area (Å²) in [6.45, 7) is 4.09. The number of ether oxygens (including phenoxy) is 1. The van der Waals surface area contributed by atoms with Gasteiger partial charge in [-0.3, -0.25) is 9.78 Å². The SMILES string of the molecule is CC(C)c1ccc(C(=O)N[C@H](COC(N)=O)Cc2ccccc2)cn1. The van der Waals surface area contributed by atoms with Crippen molar-refractivity contribution in [1.29, 1.82) is 0 Å². The van der Waals surface area contributed by atoms with Crippen LogP contribution in [0.3, 0.4) is 0 Å². The number of nitrogens with zero attached hydrogens (tertiary/aromatic N) is 1. The van der Waals surface area contributed by atoms with E-state index in [9.17, 15) is 9.59 Å². The van der Waals surface area contributed by atoms with E-state index in [-0.39, 0.29) is 18.6 Å². The van der Waals surface area contributed by atoms with Crippen LogP contribution in [0, 0.1) is 0 Å². The van der Waals surface area contributed by atoms with Crippen LogP contribution in [0.15, 0.2) is 48.7 Å². The Kier molecular flexibility index (Phi) is 6.51. The van der Waals surface area contributed by atoms with E-state index < -0.39 is 6.09 Å². The monoisotopic (exact) mass is 341 g/mol. The van der Waals surface area contributed by atoms with Crippen LogP contribution in [0.2, 0.25) is 0 Å². The lowest BCUT2D eigenvalue weighted by Crippen LogP contribution is -2.41. The normalized spacial score (nSPS) is 11.8. The molecule has 6 nitrogen and oxygen atoms in total. The van der Waals surface area contributed by atoms with Gasteiger partial charge in [0.2, 0.25) is 0 Å². The second kappa shape index (κ2) is 8.82. The zero-order valence-electron chi connectivity index (χ0n) is 14.4. The fraction of sp³-hybridized carbons (Fsp3) is 0.316. The highest BCUT2D eigenvalue weighted by Gasteiger charge is 2.16. The quantitative estimate of drug-likeness (QED) is 0.809. The lowest BCUT2D eigenvalue weighted by Gasteiger charge is -2.18. The Morgan fingerprint density at radius 1 is 1.16 bits per heavy atom. The van der Waals surface area contributed by atoms with Gasteiger partial charge >= 0.3 is 6.09 Å². The van der Waals surface area contributed by atoms with Gasteiger partial charge in [-0.1, -0.05) is 44.2 Å². The molecule has 25 heavy (non-hydrogen) atoms. The van der Waals surface area contributed by atoms with E-state index in [2.05, 4.69) is 10.3 Å². The van der Waals surface area contributed by atoms with Crippen LogP contribution in [0.4, 0.5) is 4.79 Å². The maximum atomic E-state index is 12.4. The fourth-order valence-electron chi connectivity index (χ4n) is 2.38. The highest BCUT2D eigenvalue weighted by molar-refractivity contribution is 5.94. The molecule has 0 fully saturated rings. The Bertz CT molecular complexity index is 700. The summed E-state index contributed by atoms with van der Waals surface area (Å²) in [6.07, 6.45) is 1.21. The van der Waals surface area contributed by atoms with Gasteiger partial charge in [0.1, 0.15) is 6.61 Å². The summed E-state index contributed by atoms with van der Waals surface area (Å²) in [5.74, 6) is 0.0312. The third-order valence-electron chi connectivity index (χ3n) is 3.73. The molecule has 0 saturated carbocycles. The molecule has 0 aliphatic heterocycles. The molecule has 6 heteroatoms. The number of nitrogens with one attached hydrogen (secondary N) is 1. The van der Waals surface area contributed by atoms with Gasteiger partial charge in [-0.05, 0) is 30.0 Å². The molecule has 0 unspecified atom stereocenters.